The zero-order valence-electron chi connectivity index (χ0n) is 18.9. The third-order valence-corrected chi connectivity index (χ3v) is 4.16. The predicted octanol–water partition coefficient (Wildman–Crippen LogP) is 4.08. The van der Waals surface area contributed by atoms with Crippen molar-refractivity contribution in [1.29, 1.82) is 5.26 Å². The number of hydrogen-bond donors (Lipinski definition) is 1. The van der Waals surface area contributed by atoms with Crippen molar-refractivity contribution in [1.82, 2.24) is 5.32 Å². The van der Waals surface area contributed by atoms with Crippen LogP contribution in [0.2, 0.25) is 0 Å². The molecule has 1 atom stereocenters. The fourth-order valence-corrected chi connectivity index (χ4v) is 2.63. The van der Waals surface area contributed by atoms with Crippen LogP contribution in [0, 0.1) is 29.0 Å². The topological polar surface area (TPSA) is 97.6 Å². The molecule has 0 aliphatic heterocycles. The molecule has 2 rings (SSSR count). The number of nitrogens with one attached hydrogen (secondary N) is 1. The molecule has 33 heavy (non-hydrogen) atoms. The van der Waals surface area contributed by atoms with Crippen LogP contribution in [0.15, 0.2) is 42.5 Å². The number of methoxy groups -OCH3 is 1. The van der Waals surface area contributed by atoms with Crippen LogP contribution in [0.4, 0.5) is 9.18 Å². The Morgan fingerprint density at radius 1 is 1.18 bits per heavy atom. The Kier molecular flexibility index (Phi) is 8.82. The minimum absolute atomic E-state index is 0.0243. The van der Waals surface area contributed by atoms with E-state index in [4.69, 9.17) is 14.2 Å². The first-order valence-electron chi connectivity index (χ1n) is 10.1. The van der Waals surface area contributed by atoms with E-state index in [9.17, 15) is 19.2 Å². The van der Waals surface area contributed by atoms with Gasteiger partial charge in [0.25, 0.3) is 0 Å². The summed E-state index contributed by atoms with van der Waals surface area (Å²) < 4.78 is 29.2. The van der Waals surface area contributed by atoms with E-state index in [1.807, 2.05) is 6.07 Å². The molecule has 0 unspecified atom stereocenters. The van der Waals surface area contributed by atoms with E-state index in [0.717, 1.165) is 0 Å². The lowest BCUT2D eigenvalue weighted by Gasteiger charge is -2.21. The number of rotatable bonds is 6. The molecule has 0 spiro atoms. The third kappa shape index (κ3) is 8.19. The average Bonchev–Trinajstić information content (AvgIpc) is 2.76. The van der Waals surface area contributed by atoms with Gasteiger partial charge in [-0.05, 0) is 45.0 Å². The number of carbonyl (C=O) groups excluding carboxylic acids is 2. The summed E-state index contributed by atoms with van der Waals surface area (Å²) in [5, 5.41) is 11.9. The van der Waals surface area contributed by atoms with Crippen molar-refractivity contribution in [2.75, 3.05) is 7.11 Å². The number of esters is 1. The molecule has 172 valence electrons. The van der Waals surface area contributed by atoms with E-state index in [2.05, 4.69) is 17.2 Å². The molecule has 0 aromatic heterocycles. The van der Waals surface area contributed by atoms with Crippen LogP contribution in [-0.2, 0) is 20.9 Å². The number of hydrogen-bond acceptors (Lipinski definition) is 6. The summed E-state index contributed by atoms with van der Waals surface area (Å²) in [6.45, 7) is 5.09. The molecule has 7 nitrogen and oxygen atoms in total. The number of nitrogens with zero attached hydrogens (tertiary/aromatic N) is 1. The Bertz CT molecular complexity index is 1110. The van der Waals surface area contributed by atoms with Gasteiger partial charge in [-0.25, -0.2) is 14.0 Å². The van der Waals surface area contributed by atoms with Crippen molar-refractivity contribution in [3.05, 3.63) is 65.0 Å². The van der Waals surface area contributed by atoms with E-state index in [0.29, 0.717) is 16.9 Å². The van der Waals surface area contributed by atoms with Gasteiger partial charge in [0.1, 0.15) is 35.9 Å². The minimum atomic E-state index is -1.02. The summed E-state index contributed by atoms with van der Waals surface area (Å²) >= 11 is 0. The van der Waals surface area contributed by atoms with Gasteiger partial charge in [0.2, 0.25) is 0 Å². The highest BCUT2D eigenvalue weighted by molar-refractivity contribution is 5.81. The van der Waals surface area contributed by atoms with Gasteiger partial charge in [0.15, 0.2) is 0 Å². The third-order valence-electron chi connectivity index (χ3n) is 4.16. The van der Waals surface area contributed by atoms with Crippen molar-refractivity contribution in [2.45, 2.75) is 45.4 Å². The fraction of sp³-hybridized carbons (Fsp3) is 0.320. The average molecular weight is 452 g/mol. The summed E-state index contributed by atoms with van der Waals surface area (Å²) in [6, 6.07) is 12.0. The molecule has 8 heteroatoms. The molecule has 2 aromatic rings. The molecule has 0 saturated carbocycles. The molecule has 1 N–H and O–H groups in total. The highest BCUT2D eigenvalue weighted by Gasteiger charge is 2.24. The van der Waals surface area contributed by atoms with Gasteiger partial charge in [-0.15, -0.1) is 0 Å². The zero-order valence-corrected chi connectivity index (χ0v) is 18.9. The molecule has 1 amide bonds. The fourth-order valence-electron chi connectivity index (χ4n) is 2.63. The van der Waals surface area contributed by atoms with Crippen LogP contribution in [-0.4, -0.2) is 30.8 Å². The van der Waals surface area contributed by atoms with Crippen LogP contribution in [0.3, 0.4) is 0 Å². The maximum absolute atomic E-state index is 13.8. The molecule has 0 aliphatic carbocycles. The van der Waals surface area contributed by atoms with Crippen LogP contribution in [0.5, 0.6) is 5.75 Å². The molecular formula is C25H25FN2O5. The molecule has 0 radical (unpaired) electrons. The minimum Gasteiger partial charge on any atom is -0.487 e. The number of nitriles is 1. The normalized spacial score (nSPS) is 11.3. The zero-order chi connectivity index (χ0) is 24.4. The van der Waals surface area contributed by atoms with Crippen molar-refractivity contribution in [2.24, 2.45) is 0 Å². The SMILES string of the molecule is COC(=O)[C@H](CC#Cc1ccc(OCc2ccccc2F)c(C#N)c1)NC(=O)OC(C)(C)C. The lowest BCUT2D eigenvalue weighted by molar-refractivity contribution is -0.143. The largest absolute Gasteiger partial charge is 0.487 e. The highest BCUT2D eigenvalue weighted by Crippen LogP contribution is 2.21. The number of alkyl carbamates (subject to hydrolysis) is 1. The number of benzene rings is 2. The second-order valence-corrected chi connectivity index (χ2v) is 7.93. The van der Waals surface area contributed by atoms with E-state index >= 15 is 0 Å². The maximum atomic E-state index is 13.8. The van der Waals surface area contributed by atoms with Gasteiger partial charge in [-0.2, -0.15) is 5.26 Å². The number of carbonyl (C=O) groups is 2. The Labute approximate surface area is 192 Å². The summed E-state index contributed by atoms with van der Waals surface area (Å²) in [4.78, 5) is 23.9. The monoisotopic (exact) mass is 452 g/mol. The van der Waals surface area contributed by atoms with Crippen LogP contribution in [0.25, 0.3) is 0 Å². The first-order chi connectivity index (χ1) is 15.6. The predicted molar refractivity (Wildman–Crippen MR) is 119 cm³/mol. The van der Waals surface area contributed by atoms with Gasteiger partial charge < -0.3 is 19.5 Å². The number of halogens is 1. The summed E-state index contributed by atoms with van der Waals surface area (Å²) in [7, 11) is 1.21. The summed E-state index contributed by atoms with van der Waals surface area (Å²) in [5.74, 6) is 4.89. The lowest BCUT2D eigenvalue weighted by atomic mass is 10.1. The van der Waals surface area contributed by atoms with Gasteiger partial charge >= 0.3 is 12.1 Å². The van der Waals surface area contributed by atoms with Gasteiger partial charge in [-0.3, -0.25) is 0 Å². The van der Waals surface area contributed by atoms with Crippen LogP contribution >= 0.6 is 0 Å². The second kappa shape index (κ2) is 11.5. The maximum Gasteiger partial charge on any atom is 0.408 e. The second-order valence-electron chi connectivity index (χ2n) is 7.93. The van der Waals surface area contributed by atoms with E-state index < -0.39 is 29.5 Å². The summed E-state index contributed by atoms with van der Waals surface area (Å²) in [6.07, 6.45) is -0.790. The number of amides is 1. The highest BCUT2D eigenvalue weighted by atomic mass is 19.1. The molecule has 0 saturated heterocycles. The van der Waals surface area contributed by atoms with Crippen molar-refractivity contribution in [3.63, 3.8) is 0 Å². The Morgan fingerprint density at radius 3 is 2.55 bits per heavy atom. The number of ether oxygens (including phenoxy) is 3. The molecule has 0 aliphatic rings. The first-order valence-corrected chi connectivity index (χ1v) is 10.1. The Hall–Kier alpha value is -4.04. The van der Waals surface area contributed by atoms with Crippen LogP contribution < -0.4 is 10.1 Å². The first kappa shape index (κ1) is 25.2. The standard InChI is InChI=1S/C25H25FN2O5/c1-25(2,3)33-24(30)28-21(23(29)31-4)11-7-8-17-12-13-22(19(14-17)15-27)32-16-18-9-5-6-10-20(18)26/h5-6,9-10,12-14,21H,11,16H2,1-4H3,(H,28,30)/t21-/m0/s1. The van der Waals surface area contributed by atoms with Crippen LogP contribution in [0.1, 0.15) is 43.9 Å². The summed E-state index contributed by atoms with van der Waals surface area (Å²) in [5.41, 5.74) is 0.386. The molecular weight excluding hydrogens is 427 g/mol. The van der Waals surface area contributed by atoms with Crippen molar-refractivity contribution in [3.8, 4) is 23.7 Å². The molecule has 0 fully saturated rings. The van der Waals surface area contributed by atoms with Gasteiger partial charge in [0.05, 0.1) is 12.7 Å². The van der Waals surface area contributed by atoms with Gasteiger partial charge in [0, 0.05) is 17.5 Å². The van der Waals surface area contributed by atoms with Gasteiger partial charge in [-0.1, -0.05) is 30.0 Å². The Balaban J connectivity index is 2.08. The smallest absolute Gasteiger partial charge is 0.408 e. The molecule has 0 heterocycles. The van der Waals surface area contributed by atoms with Crippen molar-refractivity contribution >= 4 is 12.1 Å². The molecule has 2 aromatic carbocycles. The Morgan fingerprint density at radius 2 is 1.91 bits per heavy atom. The van der Waals surface area contributed by atoms with E-state index in [1.54, 1.807) is 51.1 Å². The molecule has 0 bridgehead atoms. The van der Waals surface area contributed by atoms with E-state index in [-0.39, 0.29) is 18.6 Å². The lowest BCUT2D eigenvalue weighted by Crippen LogP contribution is -2.43. The quantitative estimate of drug-likeness (QED) is 0.524. The van der Waals surface area contributed by atoms with E-state index in [1.165, 1.54) is 19.2 Å². The van der Waals surface area contributed by atoms with Crippen molar-refractivity contribution < 1.29 is 28.2 Å².